The van der Waals surface area contributed by atoms with Gasteiger partial charge < -0.3 is 10.2 Å². The van der Waals surface area contributed by atoms with Crippen molar-refractivity contribution in [3.05, 3.63) is 0 Å². The first-order valence-electron chi connectivity index (χ1n) is 5.13. The molecule has 2 rings (SSSR count). The second-order valence-electron chi connectivity index (χ2n) is 4.40. The molecule has 3 atom stereocenters. The first kappa shape index (κ1) is 8.52. The summed E-state index contributed by atoms with van der Waals surface area (Å²) < 4.78 is 0. The van der Waals surface area contributed by atoms with Crippen molar-refractivity contribution >= 4 is 0 Å². The fourth-order valence-electron chi connectivity index (χ4n) is 2.28. The predicted molar refractivity (Wildman–Crippen MR) is 46.7 cm³/mol. The van der Waals surface area contributed by atoms with Crippen molar-refractivity contribution in [3.8, 4) is 0 Å². The van der Waals surface area contributed by atoms with Crippen LogP contribution in [-0.4, -0.2) is 22.4 Å². The van der Waals surface area contributed by atoms with Crippen molar-refractivity contribution in [2.24, 2.45) is 11.8 Å². The largest absolute Gasteiger partial charge is 0.393 e. The molecule has 0 saturated heterocycles. The van der Waals surface area contributed by atoms with Gasteiger partial charge in [-0.3, -0.25) is 0 Å². The van der Waals surface area contributed by atoms with E-state index in [9.17, 15) is 10.2 Å². The van der Waals surface area contributed by atoms with Crippen molar-refractivity contribution in [3.63, 3.8) is 0 Å². The summed E-state index contributed by atoms with van der Waals surface area (Å²) in [5.74, 6) is 0.957. The highest BCUT2D eigenvalue weighted by molar-refractivity contribution is 4.86. The lowest BCUT2D eigenvalue weighted by atomic mass is 9.96. The monoisotopic (exact) mass is 170 g/mol. The van der Waals surface area contributed by atoms with E-state index in [-0.39, 0.29) is 12.2 Å². The van der Waals surface area contributed by atoms with Crippen molar-refractivity contribution in [1.82, 2.24) is 0 Å². The Morgan fingerprint density at radius 2 is 1.92 bits per heavy atom. The fourth-order valence-corrected chi connectivity index (χ4v) is 2.28. The molecule has 12 heavy (non-hydrogen) atoms. The molecule has 0 amide bonds. The van der Waals surface area contributed by atoms with Gasteiger partial charge in [0.05, 0.1) is 12.2 Å². The zero-order valence-corrected chi connectivity index (χ0v) is 7.45. The summed E-state index contributed by atoms with van der Waals surface area (Å²) >= 11 is 0. The molecule has 2 N–H and O–H groups in total. The van der Waals surface area contributed by atoms with Crippen molar-refractivity contribution < 1.29 is 10.2 Å². The molecule has 2 heteroatoms. The lowest BCUT2D eigenvalue weighted by Crippen LogP contribution is -2.21. The maximum Gasteiger partial charge on any atom is 0.0572 e. The van der Waals surface area contributed by atoms with E-state index in [1.807, 2.05) is 0 Å². The van der Waals surface area contributed by atoms with Gasteiger partial charge in [-0.25, -0.2) is 0 Å². The number of aliphatic hydroxyl groups excluding tert-OH is 2. The Labute approximate surface area is 73.6 Å². The maximum absolute atomic E-state index is 9.66. The SMILES string of the molecule is OC(CC1CCCC1O)C1CC1. The molecule has 0 aromatic rings. The topological polar surface area (TPSA) is 40.5 Å². The number of hydrogen-bond donors (Lipinski definition) is 2. The molecule has 0 aromatic carbocycles. The Bertz CT molecular complexity index is 154. The highest BCUT2D eigenvalue weighted by Gasteiger charge is 2.34. The number of hydrogen-bond acceptors (Lipinski definition) is 2. The van der Waals surface area contributed by atoms with E-state index < -0.39 is 0 Å². The molecule has 70 valence electrons. The van der Waals surface area contributed by atoms with E-state index in [1.54, 1.807) is 0 Å². The average molecular weight is 170 g/mol. The van der Waals surface area contributed by atoms with Gasteiger partial charge in [0.25, 0.3) is 0 Å². The number of rotatable bonds is 3. The summed E-state index contributed by atoms with van der Waals surface area (Å²) in [5, 5.41) is 19.2. The first-order valence-corrected chi connectivity index (χ1v) is 5.13. The summed E-state index contributed by atoms with van der Waals surface area (Å²) in [5.41, 5.74) is 0. The van der Waals surface area contributed by atoms with Crippen molar-refractivity contribution in [2.45, 2.75) is 50.7 Å². The van der Waals surface area contributed by atoms with Gasteiger partial charge in [0.2, 0.25) is 0 Å². The minimum Gasteiger partial charge on any atom is -0.393 e. The van der Waals surface area contributed by atoms with E-state index in [2.05, 4.69) is 0 Å². The summed E-state index contributed by atoms with van der Waals surface area (Å²) in [6.45, 7) is 0. The molecule has 2 fully saturated rings. The van der Waals surface area contributed by atoms with Crippen LogP contribution >= 0.6 is 0 Å². The summed E-state index contributed by atoms with van der Waals surface area (Å²) in [6.07, 6.45) is 6.19. The van der Waals surface area contributed by atoms with E-state index in [4.69, 9.17) is 0 Å². The second kappa shape index (κ2) is 3.35. The molecular weight excluding hydrogens is 152 g/mol. The van der Waals surface area contributed by atoms with Gasteiger partial charge >= 0.3 is 0 Å². The van der Waals surface area contributed by atoms with Crippen LogP contribution in [0.2, 0.25) is 0 Å². The Hall–Kier alpha value is -0.0800. The molecule has 0 heterocycles. The Balaban J connectivity index is 1.76. The van der Waals surface area contributed by atoms with Gasteiger partial charge in [0.15, 0.2) is 0 Å². The van der Waals surface area contributed by atoms with E-state index in [0.717, 1.165) is 25.7 Å². The Morgan fingerprint density at radius 3 is 2.42 bits per heavy atom. The van der Waals surface area contributed by atoms with E-state index in [1.165, 1.54) is 12.8 Å². The first-order chi connectivity index (χ1) is 5.77. The molecule has 0 radical (unpaired) electrons. The smallest absolute Gasteiger partial charge is 0.0572 e. The van der Waals surface area contributed by atoms with Crippen LogP contribution in [0.4, 0.5) is 0 Å². The molecule has 2 aliphatic carbocycles. The van der Waals surface area contributed by atoms with Gasteiger partial charge in [0.1, 0.15) is 0 Å². The molecular formula is C10H18O2. The minimum atomic E-state index is -0.126. The highest BCUT2D eigenvalue weighted by atomic mass is 16.3. The van der Waals surface area contributed by atoms with Crippen LogP contribution in [0.25, 0.3) is 0 Å². The maximum atomic E-state index is 9.66. The summed E-state index contributed by atoms with van der Waals surface area (Å²) in [6, 6.07) is 0. The minimum absolute atomic E-state index is 0.122. The average Bonchev–Trinajstić information content (AvgIpc) is 2.80. The lowest BCUT2D eigenvalue weighted by Gasteiger charge is -2.17. The molecule has 0 spiro atoms. The zero-order valence-electron chi connectivity index (χ0n) is 7.45. The summed E-state index contributed by atoms with van der Waals surface area (Å²) in [7, 11) is 0. The third-order valence-corrected chi connectivity index (χ3v) is 3.33. The lowest BCUT2D eigenvalue weighted by molar-refractivity contribution is 0.0697. The van der Waals surface area contributed by atoms with Gasteiger partial charge in [-0.05, 0) is 43.9 Å². The Kier molecular flexibility index (Phi) is 2.37. The van der Waals surface area contributed by atoms with Crippen LogP contribution in [0.3, 0.4) is 0 Å². The summed E-state index contributed by atoms with van der Waals surface area (Å²) in [4.78, 5) is 0. The molecule has 0 bridgehead atoms. The van der Waals surface area contributed by atoms with Crippen LogP contribution in [0.15, 0.2) is 0 Å². The fraction of sp³-hybridized carbons (Fsp3) is 1.00. The van der Waals surface area contributed by atoms with Crippen LogP contribution in [0, 0.1) is 11.8 Å². The quantitative estimate of drug-likeness (QED) is 0.670. The molecule has 2 saturated carbocycles. The highest BCUT2D eigenvalue weighted by Crippen LogP contribution is 2.38. The predicted octanol–water partition coefficient (Wildman–Crippen LogP) is 1.31. The number of aliphatic hydroxyl groups is 2. The van der Waals surface area contributed by atoms with Gasteiger partial charge in [-0.2, -0.15) is 0 Å². The molecule has 0 aromatic heterocycles. The standard InChI is InChI=1S/C10H18O2/c11-9-3-1-2-8(9)6-10(12)7-4-5-7/h7-12H,1-6H2. The molecule has 2 nitrogen and oxygen atoms in total. The zero-order chi connectivity index (χ0) is 8.55. The van der Waals surface area contributed by atoms with Crippen LogP contribution < -0.4 is 0 Å². The van der Waals surface area contributed by atoms with Gasteiger partial charge in [0, 0.05) is 0 Å². The normalized spacial score (nSPS) is 38.5. The van der Waals surface area contributed by atoms with Gasteiger partial charge in [-0.1, -0.05) is 6.42 Å². The van der Waals surface area contributed by atoms with Crippen molar-refractivity contribution in [1.29, 1.82) is 0 Å². The second-order valence-corrected chi connectivity index (χ2v) is 4.40. The van der Waals surface area contributed by atoms with Gasteiger partial charge in [-0.15, -0.1) is 0 Å². The van der Waals surface area contributed by atoms with Crippen LogP contribution in [0.5, 0.6) is 0 Å². The van der Waals surface area contributed by atoms with Crippen LogP contribution in [0.1, 0.15) is 38.5 Å². The molecule has 0 aliphatic heterocycles. The third-order valence-electron chi connectivity index (χ3n) is 3.33. The van der Waals surface area contributed by atoms with Crippen molar-refractivity contribution in [2.75, 3.05) is 0 Å². The molecule has 2 aliphatic rings. The molecule has 3 unspecified atom stereocenters. The third kappa shape index (κ3) is 1.80. The van der Waals surface area contributed by atoms with E-state index >= 15 is 0 Å². The Morgan fingerprint density at radius 1 is 1.17 bits per heavy atom. The van der Waals surface area contributed by atoms with Crippen LogP contribution in [-0.2, 0) is 0 Å². The van der Waals surface area contributed by atoms with E-state index in [0.29, 0.717) is 11.8 Å².